The van der Waals surface area contributed by atoms with Crippen molar-refractivity contribution in [3.8, 4) is 0 Å². The highest BCUT2D eigenvalue weighted by molar-refractivity contribution is 5.79. The molecule has 1 amide bonds. The molecule has 32 heavy (non-hydrogen) atoms. The average molecular weight is 462 g/mol. The average Bonchev–Trinajstić information content (AvgIpc) is 3.31. The SMILES string of the molecule is O=C(NCc1ccco1)[C@@H]1CCO[C@@H]2CCN(C3CCOCC3)C[C@H]21.O=C(O)C(F)(F)F. The van der Waals surface area contributed by atoms with Crippen molar-refractivity contribution in [3.05, 3.63) is 24.2 Å². The monoisotopic (exact) mass is 462 g/mol. The number of halogens is 3. The predicted molar refractivity (Wildman–Crippen MR) is 106 cm³/mol. The minimum atomic E-state index is -5.08. The molecule has 0 radical (unpaired) electrons. The van der Waals surface area contributed by atoms with Gasteiger partial charge in [0.2, 0.25) is 5.91 Å². The van der Waals surface area contributed by atoms with E-state index in [1.165, 1.54) is 0 Å². The Morgan fingerprint density at radius 1 is 1.16 bits per heavy atom. The molecule has 3 aliphatic heterocycles. The van der Waals surface area contributed by atoms with E-state index in [9.17, 15) is 18.0 Å². The molecular formula is C21H29F3N2O6. The van der Waals surface area contributed by atoms with Crippen LogP contribution in [-0.4, -0.2) is 73.1 Å². The van der Waals surface area contributed by atoms with E-state index in [0.29, 0.717) is 25.1 Å². The first kappa shape index (κ1) is 24.5. The van der Waals surface area contributed by atoms with Gasteiger partial charge in [0.1, 0.15) is 5.76 Å². The smallest absolute Gasteiger partial charge is 0.475 e. The van der Waals surface area contributed by atoms with Crippen molar-refractivity contribution >= 4 is 11.9 Å². The highest BCUT2D eigenvalue weighted by Gasteiger charge is 2.43. The van der Waals surface area contributed by atoms with Gasteiger partial charge < -0.3 is 24.3 Å². The Labute approximate surface area is 184 Å². The van der Waals surface area contributed by atoms with Gasteiger partial charge in [-0.2, -0.15) is 13.2 Å². The lowest BCUT2D eigenvalue weighted by molar-refractivity contribution is -0.192. The van der Waals surface area contributed by atoms with E-state index >= 15 is 0 Å². The molecule has 3 atom stereocenters. The van der Waals surface area contributed by atoms with E-state index in [4.69, 9.17) is 23.8 Å². The summed E-state index contributed by atoms with van der Waals surface area (Å²) in [5.41, 5.74) is 0. The number of ether oxygens (including phenoxy) is 2. The zero-order valence-electron chi connectivity index (χ0n) is 17.7. The van der Waals surface area contributed by atoms with Gasteiger partial charge >= 0.3 is 12.1 Å². The third-order valence-corrected chi connectivity index (χ3v) is 6.20. The highest BCUT2D eigenvalue weighted by Crippen LogP contribution is 2.35. The fourth-order valence-electron chi connectivity index (χ4n) is 4.57. The predicted octanol–water partition coefficient (Wildman–Crippen LogP) is 2.44. The van der Waals surface area contributed by atoms with Gasteiger partial charge in [-0.05, 0) is 37.8 Å². The minimum absolute atomic E-state index is 0.0383. The van der Waals surface area contributed by atoms with Crippen molar-refractivity contribution in [1.29, 1.82) is 0 Å². The topological polar surface area (TPSA) is 101 Å². The number of aliphatic carboxylic acids is 1. The standard InChI is InChI=1S/C19H28N2O4.C2HF3O2/c22-19(20-12-15-2-1-8-24-15)16-6-11-25-18-3-7-21(13-17(16)18)14-4-9-23-10-5-14;3-2(4,5)1(6)7/h1-2,8,14,16-18H,3-7,9-13H2,(H,20,22);(H,6,7)/t16-,17+,18-;/m1./s1. The van der Waals surface area contributed by atoms with Gasteiger partial charge in [0.15, 0.2) is 0 Å². The van der Waals surface area contributed by atoms with Crippen molar-refractivity contribution in [3.63, 3.8) is 0 Å². The molecule has 8 nitrogen and oxygen atoms in total. The van der Waals surface area contributed by atoms with E-state index in [-0.39, 0.29) is 17.9 Å². The van der Waals surface area contributed by atoms with E-state index in [1.54, 1.807) is 6.26 Å². The molecule has 3 fully saturated rings. The molecule has 11 heteroatoms. The number of hydrogen-bond donors (Lipinski definition) is 2. The summed E-state index contributed by atoms with van der Waals surface area (Å²) in [6.45, 7) is 4.92. The van der Waals surface area contributed by atoms with Crippen LogP contribution in [0.5, 0.6) is 0 Å². The number of carbonyl (C=O) groups excluding carboxylic acids is 1. The Hall–Kier alpha value is -2.11. The highest BCUT2D eigenvalue weighted by atomic mass is 19.4. The van der Waals surface area contributed by atoms with Crippen molar-refractivity contribution in [1.82, 2.24) is 10.2 Å². The third kappa shape index (κ3) is 6.69. The Kier molecular flexibility index (Phi) is 8.55. The second-order valence-corrected chi connectivity index (χ2v) is 8.20. The number of carboxylic acids is 1. The van der Waals surface area contributed by atoms with Gasteiger partial charge in [-0.1, -0.05) is 0 Å². The van der Waals surface area contributed by atoms with Crippen LogP contribution < -0.4 is 5.32 Å². The first-order valence-corrected chi connectivity index (χ1v) is 10.8. The summed E-state index contributed by atoms with van der Waals surface area (Å²) >= 11 is 0. The first-order valence-electron chi connectivity index (χ1n) is 10.8. The minimum Gasteiger partial charge on any atom is -0.475 e. The summed E-state index contributed by atoms with van der Waals surface area (Å²) < 4.78 is 48.5. The maximum atomic E-state index is 12.8. The summed E-state index contributed by atoms with van der Waals surface area (Å²) in [6, 6.07) is 4.34. The van der Waals surface area contributed by atoms with Crippen LogP contribution >= 0.6 is 0 Å². The molecule has 0 saturated carbocycles. The van der Waals surface area contributed by atoms with Crippen LogP contribution in [0.2, 0.25) is 0 Å². The molecule has 0 aliphatic carbocycles. The van der Waals surface area contributed by atoms with Crippen LogP contribution in [0.3, 0.4) is 0 Å². The van der Waals surface area contributed by atoms with Gasteiger partial charge in [0.05, 0.1) is 18.9 Å². The molecule has 4 heterocycles. The molecule has 0 unspecified atom stereocenters. The molecule has 1 aromatic rings. The van der Waals surface area contributed by atoms with Gasteiger partial charge in [0, 0.05) is 50.8 Å². The fraction of sp³-hybridized carbons (Fsp3) is 0.714. The lowest BCUT2D eigenvalue weighted by atomic mass is 9.78. The van der Waals surface area contributed by atoms with Crippen molar-refractivity contribution in [2.45, 2.75) is 50.6 Å². The maximum absolute atomic E-state index is 12.8. The van der Waals surface area contributed by atoms with Crippen molar-refractivity contribution < 1.29 is 41.8 Å². The quantitative estimate of drug-likeness (QED) is 0.709. The molecule has 1 aromatic heterocycles. The summed E-state index contributed by atoms with van der Waals surface area (Å²) in [4.78, 5) is 24.3. The molecule has 3 saturated heterocycles. The number of fused-ring (bicyclic) bond motifs is 1. The fourth-order valence-corrected chi connectivity index (χ4v) is 4.57. The number of amides is 1. The number of hydrogen-bond acceptors (Lipinski definition) is 6. The second kappa shape index (κ2) is 11.2. The zero-order chi connectivity index (χ0) is 23.1. The number of carbonyl (C=O) groups is 2. The first-order chi connectivity index (χ1) is 15.3. The molecule has 2 N–H and O–H groups in total. The summed E-state index contributed by atoms with van der Waals surface area (Å²) in [5.74, 6) is -1.49. The normalized spacial score (nSPS) is 27.0. The summed E-state index contributed by atoms with van der Waals surface area (Å²) in [7, 11) is 0. The van der Waals surface area contributed by atoms with E-state index < -0.39 is 12.1 Å². The molecule has 0 bridgehead atoms. The van der Waals surface area contributed by atoms with Gasteiger partial charge in [-0.3, -0.25) is 9.69 Å². The molecule has 0 spiro atoms. The summed E-state index contributed by atoms with van der Waals surface area (Å²) in [5, 5.41) is 10.2. The molecular weight excluding hydrogens is 433 g/mol. The third-order valence-electron chi connectivity index (χ3n) is 6.20. The van der Waals surface area contributed by atoms with Crippen molar-refractivity contribution in [2.24, 2.45) is 11.8 Å². The van der Waals surface area contributed by atoms with E-state index in [0.717, 1.165) is 57.7 Å². The van der Waals surface area contributed by atoms with Crippen molar-refractivity contribution in [2.75, 3.05) is 32.9 Å². The number of furan rings is 1. The zero-order valence-corrected chi connectivity index (χ0v) is 17.7. The van der Waals surface area contributed by atoms with Gasteiger partial charge in [-0.25, -0.2) is 4.79 Å². The van der Waals surface area contributed by atoms with Crippen LogP contribution in [0.1, 0.15) is 31.4 Å². The van der Waals surface area contributed by atoms with Gasteiger partial charge in [0.25, 0.3) is 0 Å². The van der Waals surface area contributed by atoms with Crippen LogP contribution in [-0.2, 0) is 25.6 Å². The van der Waals surface area contributed by atoms with E-state index in [1.807, 2.05) is 12.1 Å². The largest absolute Gasteiger partial charge is 0.490 e. The van der Waals surface area contributed by atoms with Crippen LogP contribution in [0.15, 0.2) is 22.8 Å². The Morgan fingerprint density at radius 2 is 1.88 bits per heavy atom. The lowest BCUT2D eigenvalue weighted by Crippen LogP contribution is -2.56. The Morgan fingerprint density at radius 3 is 2.50 bits per heavy atom. The number of rotatable bonds is 4. The van der Waals surface area contributed by atoms with Crippen LogP contribution in [0.25, 0.3) is 0 Å². The number of nitrogens with one attached hydrogen (secondary N) is 1. The summed E-state index contributed by atoms with van der Waals surface area (Å²) in [6.07, 6.45) is 0.834. The lowest BCUT2D eigenvalue weighted by Gasteiger charge is -2.47. The van der Waals surface area contributed by atoms with Crippen LogP contribution in [0, 0.1) is 11.8 Å². The maximum Gasteiger partial charge on any atom is 0.490 e. The number of nitrogens with zero attached hydrogens (tertiary/aromatic N) is 1. The molecule has 3 aliphatic rings. The number of likely N-dealkylation sites (tertiary alicyclic amines) is 1. The number of carboxylic acid groups (broad SMARTS) is 1. The van der Waals surface area contributed by atoms with Gasteiger partial charge in [-0.15, -0.1) is 0 Å². The molecule has 180 valence electrons. The Bertz CT molecular complexity index is 736. The Balaban J connectivity index is 0.000000360. The van der Waals surface area contributed by atoms with E-state index in [2.05, 4.69) is 10.2 Å². The second-order valence-electron chi connectivity index (χ2n) is 8.20. The number of alkyl halides is 3. The molecule has 0 aromatic carbocycles. The van der Waals surface area contributed by atoms with Crippen LogP contribution in [0.4, 0.5) is 13.2 Å². The molecule has 4 rings (SSSR count). The number of piperidine rings is 1.